The van der Waals surface area contributed by atoms with Gasteiger partial charge < -0.3 is 15.0 Å². The van der Waals surface area contributed by atoms with Crippen molar-refractivity contribution in [2.75, 3.05) is 31.6 Å². The zero-order valence-electron chi connectivity index (χ0n) is 13.9. The van der Waals surface area contributed by atoms with Gasteiger partial charge in [0.2, 0.25) is 11.8 Å². The largest absolute Gasteiger partial charge is 0.378 e. The second kappa shape index (κ2) is 6.32. The van der Waals surface area contributed by atoms with Crippen LogP contribution < -0.4 is 5.32 Å². The van der Waals surface area contributed by atoms with E-state index < -0.39 is 5.41 Å². The fraction of sp³-hybridized carbons (Fsp3) is 0.556. The summed E-state index contributed by atoms with van der Waals surface area (Å²) < 4.78 is 5.29. The number of benzene rings is 1. The van der Waals surface area contributed by atoms with Crippen LogP contribution >= 0.6 is 0 Å². The van der Waals surface area contributed by atoms with Crippen molar-refractivity contribution in [2.45, 2.75) is 33.1 Å². The van der Waals surface area contributed by atoms with Gasteiger partial charge in [0.05, 0.1) is 13.2 Å². The summed E-state index contributed by atoms with van der Waals surface area (Å²) in [6, 6.07) is 6.00. The molecule has 23 heavy (non-hydrogen) atoms. The second-order valence-electron chi connectivity index (χ2n) is 6.40. The maximum atomic E-state index is 12.8. The van der Waals surface area contributed by atoms with Crippen LogP contribution in [0.1, 0.15) is 30.9 Å². The molecule has 1 aromatic carbocycles. The maximum Gasteiger partial charge on any atom is 0.240 e. The molecule has 3 rings (SSSR count). The molecule has 1 N–H and O–H groups in total. The number of hydrogen-bond acceptors (Lipinski definition) is 3. The van der Waals surface area contributed by atoms with Gasteiger partial charge in [0.15, 0.2) is 0 Å². The number of ether oxygens (including phenoxy) is 1. The van der Waals surface area contributed by atoms with Gasteiger partial charge in [0, 0.05) is 18.8 Å². The second-order valence-corrected chi connectivity index (χ2v) is 6.40. The standard InChI is InChI=1S/C18H24N2O3/c1-3-14-6-4-5-13(2)15(14)19-16(21)18(7-8-18)17(22)20-9-11-23-12-10-20/h4-6H,3,7-12H2,1-2H3,(H,19,21). The van der Waals surface area contributed by atoms with Crippen LogP contribution in [0.3, 0.4) is 0 Å². The van der Waals surface area contributed by atoms with Gasteiger partial charge in [-0.3, -0.25) is 9.59 Å². The van der Waals surface area contributed by atoms with Gasteiger partial charge in [0.25, 0.3) is 0 Å². The summed E-state index contributed by atoms with van der Waals surface area (Å²) in [5.74, 6) is -0.192. The van der Waals surface area contributed by atoms with Crippen molar-refractivity contribution >= 4 is 17.5 Å². The Bertz CT molecular complexity index is 617. The van der Waals surface area contributed by atoms with E-state index in [4.69, 9.17) is 4.74 Å². The molecule has 0 unspecified atom stereocenters. The monoisotopic (exact) mass is 316 g/mol. The number of hydrogen-bond donors (Lipinski definition) is 1. The van der Waals surface area contributed by atoms with Crippen LogP contribution in [0.15, 0.2) is 18.2 Å². The van der Waals surface area contributed by atoms with Gasteiger partial charge in [-0.05, 0) is 37.3 Å². The number of nitrogens with zero attached hydrogens (tertiary/aromatic N) is 1. The minimum Gasteiger partial charge on any atom is -0.378 e. The lowest BCUT2D eigenvalue weighted by Crippen LogP contribution is -2.47. The molecule has 1 saturated carbocycles. The number of carbonyl (C=O) groups excluding carboxylic acids is 2. The summed E-state index contributed by atoms with van der Waals surface area (Å²) in [7, 11) is 0. The highest BCUT2D eigenvalue weighted by Gasteiger charge is 2.58. The molecule has 5 heteroatoms. The zero-order valence-corrected chi connectivity index (χ0v) is 13.9. The maximum absolute atomic E-state index is 12.8. The van der Waals surface area contributed by atoms with Gasteiger partial charge in [-0.25, -0.2) is 0 Å². The minimum atomic E-state index is -0.857. The zero-order chi connectivity index (χ0) is 16.4. The quantitative estimate of drug-likeness (QED) is 0.866. The first kappa shape index (κ1) is 16.0. The number of para-hydroxylation sites is 1. The summed E-state index contributed by atoms with van der Waals surface area (Å²) in [4.78, 5) is 27.3. The Morgan fingerprint density at radius 2 is 1.96 bits per heavy atom. The van der Waals surface area contributed by atoms with E-state index >= 15 is 0 Å². The van der Waals surface area contributed by atoms with Crippen molar-refractivity contribution in [3.05, 3.63) is 29.3 Å². The van der Waals surface area contributed by atoms with E-state index in [0.29, 0.717) is 39.1 Å². The highest BCUT2D eigenvalue weighted by atomic mass is 16.5. The third-order valence-electron chi connectivity index (χ3n) is 4.87. The molecule has 0 radical (unpaired) electrons. The fourth-order valence-corrected chi connectivity index (χ4v) is 3.17. The number of aryl methyl sites for hydroxylation is 2. The number of carbonyl (C=O) groups is 2. The predicted molar refractivity (Wildman–Crippen MR) is 88.3 cm³/mol. The van der Waals surface area contributed by atoms with Crippen LogP contribution in [-0.4, -0.2) is 43.0 Å². The van der Waals surface area contributed by atoms with E-state index in [1.165, 1.54) is 0 Å². The SMILES string of the molecule is CCc1cccc(C)c1NC(=O)C1(C(=O)N2CCOCC2)CC1. The van der Waals surface area contributed by atoms with Crippen molar-refractivity contribution in [1.82, 2.24) is 4.90 Å². The van der Waals surface area contributed by atoms with Crippen molar-refractivity contribution in [2.24, 2.45) is 5.41 Å². The summed E-state index contributed by atoms with van der Waals surface area (Å²) in [5, 5.41) is 3.03. The molecule has 2 fully saturated rings. The molecule has 0 atom stereocenters. The summed E-state index contributed by atoms with van der Waals surface area (Å²) in [5.41, 5.74) is 2.14. The first-order valence-corrected chi connectivity index (χ1v) is 8.35. The van der Waals surface area contributed by atoms with Crippen LogP contribution in [0, 0.1) is 12.3 Å². The molecule has 1 aliphatic heterocycles. The molecule has 124 valence electrons. The summed E-state index contributed by atoms with van der Waals surface area (Å²) in [6.07, 6.45) is 2.13. The molecule has 1 heterocycles. The Morgan fingerprint density at radius 1 is 1.26 bits per heavy atom. The Balaban J connectivity index is 1.76. The summed E-state index contributed by atoms with van der Waals surface area (Å²) in [6.45, 7) is 6.33. The molecule has 0 bridgehead atoms. The van der Waals surface area contributed by atoms with Crippen molar-refractivity contribution in [3.63, 3.8) is 0 Å². The topological polar surface area (TPSA) is 58.6 Å². The molecular weight excluding hydrogens is 292 g/mol. The van der Waals surface area contributed by atoms with Crippen molar-refractivity contribution in [1.29, 1.82) is 0 Å². The Kier molecular flexibility index (Phi) is 4.39. The van der Waals surface area contributed by atoms with E-state index in [2.05, 4.69) is 12.2 Å². The van der Waals surface area contributed by atoms with Gasteiger partial charge in [-0.15, -0.1) is 0 Å². The third-order valence-corrected chi connectivity index (χ3v) is 4.87. The van der Waals surface area contributed by atoms with Crippen molar-refractivity contribution in [3.8, 4) is 0 Å². The lowest BCUT2D eigenvalue weighted by atomic mass is 10.0. The molecule has 1 saturated heterocycles. The van der Waals surface area contributed by atoms with Crippen molar-refractivity contribution < 1.29 is 14.3 Å². The van der Waals surface area contributed by atoms with Crippen LogP contribution in [-0.2, 0) is 20.7 Å². The number of anilines is 1. The van der Waals surface area contributed by atoms with Gasteiger partial charge in [-0.1, -0.05) is 25.1 Å². The molecule has 2 aliphatic rings. The molecule has 0 spiro atoms. The Hall–Kier alpha value is -1.88. The van der Waals surface area contributed by atoms with E-state index in [-0.39, 0.29) is 11.8 Å². The predicted octanol–water partition coefficient (Wildman–Crippen LogP) is 2.13. The number of rotatable bonds is 4. The van der Waals surface area contributed by atoms with E-state index in [0.717, 1.165) is 23.2 Å². The van der Waals surface area contributed by atoms with Gasteiger partial charge >= 0.3 is 0 Å². The first-order valence-electron chi connectivity index (χ1n) is 8.35. The molecule has 1 aromatic rings. The van der Waals surface area contributed by atoms with Crippen LogP contribution in [0.4, 0.5) is 5.69 Å². The third kappa shape index (κ3) is 2.98. The Labute approximate surface area is 137 Å². The molecule has 0 aromatic heterocycles. The highest BCUT2D eigenvalue weighted by Crippen LogP contribution is 2.48. The van der Waals surface area contributed by atoms with Gasteiger partial charge in [0.1, 0.15) is 5.41 Å². The Morgan fingerprint density at radius 3 is 2.57 bits per heavy atom. The molecular formula is C18H24N2O3. The lowest BCUT2D eigenvalue weighted by Gasteiger charge is -2.30. The van der Waals surface area contributed by atoms with E-state index in [9.17, 15) is 9.59 Å². The minimum absolute atomic E-state index is 0.0371. The van der Waals surface area contributed by atoms with Crippen LogP contribution in [0.25, 0.3) is 0 Å². The first-order chi connectivity index (χ1) is 11.1. The van der Waals surface area contributed by atoms with E-state index in [1.54, 1.807) is 4.90 Å². The average Bonchev–Trinajstić information content (AvgIpc) is 3.38. The normalized spacial score (nSPS) is 19.3. The highest BCUT2D eigenvalue weighted by molar-refractivity contribution is 6.13. The number of nitrogens with one attached hydrogen (secondary N) is 1. The summed E-state index contributed by atoms with van der Waals surface area (Å²) >= 11 is 0. The molecule has 5 nitrogen and oxygen atoms in total. The molecule has 1 aliphatic carbocycles. The smallest absolute Gasteiger partial charge is 0.240 e. The fourth-order valence-electron chi connectivity index (χ4n) is 3.17. The molecule has 2 amide bonds. The van der Waals surface area contributed by atoms with Gasteiger partial charge in [-0.2, -0.15) is 0 Å². The number of amides is 2. The van der Waals surface area contributed by atoms with Crippen LogP contribution in [0.2, 0.25) is 0 Å². The lowest BCUT2D eigenvalue weighted by molar-refractivity contribution is -0.145. The van der Waals surface area contributed by atoms with E-state index in [1.807, 2.05) is 25.1 Å². The average molecular weight is 316 g/mol. The van der Waals surface area contributed by atoms with Crippen LogP contribution in [0.5, 0.6) is 0 Å². The number of morpholine rings is 1.